The van der Waals surface area contributed by atoms with Gasteiger partial charge in [0.2, 0.25) is 0 Å². The zero-order valence-electron chi connectivity index (χ0n) is 35.7. The molecule has 4 bridgehead atoms. The van der Waals surface area contributed by atoms with Crippen LogP contribution in [-0.2, 0) is 5.41 Å². The molecule has 5 aliphatic rings. The summed E-state index contributed by atoms with van der Waals surface area (Å²) in [6.45, 7) is 0. The first-order valence-electron chi connectivity index (χ1n) is 23.2. The van der Waals surface area contributed by atoms with E-state index in [1.54, 1.807) is 11.1 Å². The third kappa shape index (κ3) is 6.13. The second kappa shape index (κ2) is 15.0. The molecule has 0 aliphatic heterocycles. The summed E-state index contributed by atoms with van der Waals surface area (Å²) < 4.78 is 0. The Balaban J connectivity index is 1.04. The van der Waals surface area contributed by atoms with Gasteiger partial charge in [0.05, 0.1) is 0 Å². The van der Waals surface area contributed by atoms with Crippen LogP contribution in [0, 0.1) is 23.7 Å². The molecule has 9 aromatic rings. The lowest BCUT2D eigenvalue weighted by atomic mass is 9.43. The highest BCUT2D eigenvalue weighted by Gasteiger charge is 2.61. The van der Waals surface area contributed by atoms with Crippen molar-refractivity contribution in [2.75, 3.05) is 0 Å². The molecule has 0 atom stereocenters. The normalized spacial score (nSPS) is 21.2. The van der Waals surface area contributed by atoms with Crippen LogP contribution in [0.3, 0.4) is 0 Å². The lowest BCUT2D eigenvalue weighted by Crippen LogP contribution is -2.55. The highest BCUT2D eigenvalue weighted by atomic mass is 15.0. The van der Waals surface area contributed by atoms with Crippen LogP contribution in [0.1, 0.15) is 43.2 Å². The number of fused-ring (bicyclic) bond motifs is 3. The van der Waals surface area contributed by atoms with Gasteiger partial charge in [-0.05, 0) is 165 Å². The van der Waals surface area contributed by atoms with Crippen LogP contribution >= 0.6 is 0 Å². The minimum absolute atomic E-state index is 0.0772. The van der Waals surface area contributed by atoms with Gasteiger partial charge in [0, 0.05) is 22.1 Å². The largest absolute Gasteiger partial charge is 0.208 e. The maximum Gasteiger partial charge on any atom is 0.164 e. The van der Waals surface area contributed by atoms with E-state index in [0.29, 0.717) is 29.3 Å². The van der Waals surface area contributed by atoms with E-state index in [1.165, 1.54) is 76.6 Å². The van der Waals surface area contributed by atoms with Crippen LogP contribution in [-0.4, -0.2) is 15.0 Å². The van der Waals surface area contributed by atoms with Crippen molar-refractivity contribution in [2.24, 2.45) is 23.7 Å². The van der Waals surface area contributed by atoms with Gasteiger partial charge in [-0.1, -0.05) is 158 Å². The van der Waals surface area contributed by atoms with Crippen LogP contribution in [0.15, 0.2) is 200 Å². The molecule has 5 aliphatic carbocycles. The van der Waals surface area contributed by atoms with Crippen molar-refractivity contribution in [3.05, 3.63) is 211 Å². The lowest BCUT2D eigenvalue weighted by molar-refractivity contribution is -0.0399. The molecular weight excluding hydrogens is 775 g/mol. The summed E-state index contributed by atoms with van der Waals surface area (Å²) in [6.07, 6.45) is 6.88. The Bertz CT molecular complexity index is 2920. The SMILES string of the molecule is c1ccc(-c2cc(-c3ccccc3)cc(-c3cc(-c4ccc5c(c4)C4(c6ccccc6-5)C5CC6CC(C5)CC4C6)cc(-c4nc(-c5ccccc5)nc(-c5ccccc5)n4)c3)c2)cc1. The van der Waals surface area contributed by atoms with Gasteiger partial charge in [0.15, 0.2) is 17.5 Å². The van der Waals surface area contributed by atoms with Crippen molar-refractivity contribution in [3.8, 4) is 89.8 Å². The van der Waals surface area contributed by atoms with E-state index >= 15 is 0 Å². The van der Waals surface area contributed by atoms with Crippen molar-refractivity contribution in [3.63, 3.8) is 0 Å². The molecule has 1 aromatic heterocycles. The molecule has 0 amide bonds. The van der Waals surface area contributed by atoms with Gasteiger partial charge in [-0.3, -0.25) is 0 Å². The molecule has 4 saturated carbocycles. The van der Waals surface area contributed by atoms with Crippen molar-refractivity contribution < 1.29 is 0 Å². The molecule has 306 valence electrons. The average Bonchev–Trinajstić information content (AvgIpc) is 3.66. The maximum atomic E-state index is 5.28. The molecule has 0 radical (unpaired) electrons. The second-order valence-electron chi connectivity index (χ2n) is 18.8. The molecule has 0 saturated heterocycles. The lowest BCUT2D eigenvalue weighted by Gasteiger charge is -2.61. The van der Waals surface area contributed by atoms with E-state index in [4.69, 9.17) is 15.0 Å². The quantitative estimate of drug-likeness (QED) is 0.161. The number of rotatable bonds is 7. The van der Waals surface area contributed by atoms with Crippen LogP contribution in [0.4, 0.5) is 0 Å². The summed E-state index contributed by atoms with van der Waals surface area (Å²) in [5.41, 5.74) is 18.4. The van der Waals surface area contributed by atoms with Crippen molar-refractivity contribution >= 4 is 0 Å². The monoisotopic (exact) mass is 821 g/mol. The van der Waals surface area contributed by atoms with Gasteiger partial charge in [-0.15, -0.1) is 0 Å². The molecule has 0 unspecified atom stereocenters. The average molecular weight is 822 g/mol. The molecule has 1 heterocycles. The molecule has 64 heavy (non-hydrogen) atoms. The number of hydrogen-bond donors (Lipinski definition) is 0. The Hall–Kier alpha value is -7.23. The molecule has 0 N–H and O–H groups in total. The van der Waals surface area contributed by atoms with Crippen molar-refractivity contribution in [1.29, 1.82) is 0 Å². The first-order chi connectivity index (χ1) is 31.6. The Morgan fingerprint density at radius 3 is 1.16 bits per heavy atom. The fourth-order valence-electron chi connectivity index (χ4n) is 12.7. The molecule has 3 heteroatoms. The van der Waals surface area contributed by atoms with E-state index in [-0.39, 0.29) is 5.41 Å². The minimum Gasteiger partial charge on any atom is -0.208 e. The predicted molar refractivity (Wildman–Crippen MR) is 261 cm³/mol. The molecule has 4 fully saturated rings. The van der Waals surface area contributed by atoms with Crippen LogP contribution in [0.5, 0.6) is 0 Å². The minimum atomic E-state index is 0.0772. The first kappa shape index (κ1) is 37.3. The van der Waals surface area contributed by atoms with Crippen LogP contribution < -0.4 is 0 Å². The molecule has 8 aromatic carbocycles. The molecular formula is C61H47N3. The van der Waals surface area contributed by atoms with E-state index in [2.05, 4.69) is 164 Å². The van der Waals surface area contributed by atoms with Gasteiger partial charge >= 0.3 is 0 Å². The van der Waals surface area contributed by atoms with Gasteiger partial charge in [-0.25, -0.2) is 15.0 Å². The Kier molecular flexibility index (Phi) is 8.72. The zero-order valence-corrected chi connectivity index (χ0v) is 35.7. The fourth-order valence-corrected chi connectivity index (χ4v) is 12.7. The third-order valence-corrected chi connectivity index (χ3v) is 15.3. The summed E-state index contributed by atoms with van der Waals surface area (Å²) >= 11 is 0. The second-order valence-corrected chi connectivity index (χ2v) is 18.8. The van der Waals surface area contributed by atoms with Gasteiger partial charge in [0.25, 0.3) is 0 Å². The highest BCUT2D eigenvalue weighted by molar-refractivity contribution is 5.88. The summed E-state index contributed by atoms with van der Waals surface area (Å²) in [7, 11) is 0. The molecule has 14 rings (SSSR count). The summed E-state index contributed by atoms with van der Waals surface area (Å²) in [5, 5.41) is 0. The number of benzene rings is 8. The fraction of sp³-hybridized carbons (Fsp3) is 0.164. The summed E-state index contributed by atoms with van der Waals surface area (Å²) in [5.74, 6) is 5.14. The van der Waals surface area contributed by atoms with Crippen LogP contribution in [0.2, 0.25) is 0 Å². The van der Waals surface area contributed by atoms with E-state index in [1.807, 2.05) is 36.4 Å². The Labute approximate surface area is 375 Å². The zero-order chi connectivity index (χ0) is 42.2. The number of nitrogens with zero attached hydrogens (tertiary/aromatic N) is 3. The van der Waals surface area contributed by atoms with E-state index in [0.717, 1.165) is 39.7 Å². The summed E-state index contributed by atoms with van der Waals surface area (Å²) in [4.78, 5) is 15.6. The smallest absolute Gasteiger partial charge is 0.164 e. The predicted octanol–water partition coefficient (Wildman–Crippen LogP) is 15.3. The summed E-state index contributed by atoms with van der Waals surface area (Å²) in [6, 6.07) is 73.0. The maximum absolute atomic E-state index is 5.28. The van der Waals surface area contributed by atoms with Gasteiger partial charge in [-0.2, -0.15) is 0 Å². The molecule has 3 nitrogen and oxygen atoms in total. The first-order valence-corrected chi connectivity index (χ1v) is 23.2. The van der Waals surface area contributed by atoms with Crippen molar-refractivity contribution in [2.45, 2.75) is 37.5 Å². The van der Waals surface area contributed by atoms with Gasteiger partial charge < -0.3 is 0 Å². The number of hydrogen-bond acceptors (Lipinski definition) is 3. The number of aromatic nitrogens is 3. The Morgan fingerprint density at radius 1 is 0.281 bits per heavy atom. The van der Waals surface area contributed by atoms with Crippen LogP contribution in [0.25, 0.3) is 89.8 Å². The molecule has 1 spiro atoms. The van der Waals surface area contributed by atoms with Gasteiger partial charge in [0.1, 0.15) is 0 Å². The Morgan fingerprint density at radius 2 is 0.656 bits per heavy atom. The van der Waals surface area contributed by atoms with E-state index < -0.39 is 0 Å². The third-order valence-electron chi connectivity index (χ3n) is 15.3. The van der Waals surface area contributed by atoms with Crippen molar-refractivity contribution in [1.82, 2.24) is 15.0 Å². The highest BCUT2D eigenvalue weighted by Crippen LogP contribution is 2.69. The standard InChI is InChI=1S/C61H47N3/c1-5-15-41(16-6-1)46-32-47(42-17-7-2-8-18-42)34-49(33-46)50-35-48(36-51(37-50)60-63-58(43-19-9-3-10-20-43)62-59(64-60)44-21-11-4-12-22-44)45-25-26-55-54-23-13-14-24-56(54)61(57(55)38-45)52-28-39-27-40(30-52)31-53(61)29-39/h1-26,32-40,52-53H,27-31H2. The topological polar surface area (TPSA) is 38.7 Å². The van der Waals surface area contributed by atoms with E-state index in [9.17, 15) is 0 Å².